The summed E-state index contributed by atoms with van der Waals surface area (Å²) in [5.74, 6) is 1.83. The lowest BCUT2D eigenvalue weighted by atomic mass is 10.1. The Morgan fingerprint density at radius 2 is 1.75 bits per heavy atom. The lowest BCUT2D eigenvalue weighted by molar-refractivity contribution is -0.385. The zero-order chi connectivity index (χ0) is 28.8. The Hall–Kier alpha value is -4.42. The summed E-state index contributed by atoms with van der Waals surface area (Å²) in [5, 5.41) is 24.2. The maximum absolute atomic E-state index is 11.6. The molecule has 212 valence electrons. The fraction of sp³-hybridized carbons (Fsp3) is 0.357. The second kappa shape index (κ2) is 12.6. The molecule has 0 bridgehead atoms. The fourth-order valence-corrected chi connectivity index (χ4v) is 4.39. The summed E-state index contributed by atoms with van der Waals surface area (Å²) >= 11 is 0. The number of nitro benzene ring substituents is 1. The van der Waals surface area contributed by atoms with Crippen molar-refractivity contribution in [2.24, 2.45) is 0 Å². The summed E-state index contributed by atoms with van der Waals surface area (Å²) in [6, 6.07) is 12.9. The largest absolute Gasteiger partial charge is 0.497 e. The van der Waals surface area contributed by atoms with Crippen molar-refractivity contribution in [1.29, 1.82) is 0 Å². The van der Waals surface area contributed by atoms with Crippen LogP contribution in [-0.2, 0) is 22.6 Å². The van der Waals surface area contributed by atoms with E-state index in [2.05, 4.69) is 10.4 Å². The number of hydrogen-bond donors (Lipinski definition) is 2. The van der Waals surface area contributed by atoms with Crippen LogP contribution in [0.25, 0.3) is 11.3 Å². The minimum atomic E-state index is -0.535. The van der Waals surface area contributed by atoms with Gasteiger partial charge in [-0.05, 0) is 57.0 Å². The van der Waals surface area contributed by atoms with Crippen LogP contribution in [0.1, 0.15) is 30.5 Å². The zero-order valence-electron chi connectivity index (χ0n) is 23.4. The van der Waals surface area contributed by atoms with Gasteiger partial charge in [-0.15, -0.1) is 0 Å². The Bertz CT molecular complexity index is 1460. The van der Waals surface area contributed by atoms with Crippen molar-refractivity contribution in [3.05, 3.63) is 75.5 Å². The standard InChI is InChI=1S/C28H35N7O5/c1-6-39-27(40-7-2)17-33-26(31-23-13-25(35(36)37)19(4)12-18(23)3)14-24(32-33)22-15-30-34(28(22)29)16-20-8-10-21(38-5)11-9-20/h8-15,27,31H,6-7,16-17,29H2,1-5H3. The van der Waals surface area contributed by atoms with Crippen LogP contribution in [0, 0.1) is 24.0 Å². The molecule has 0 spiro atoms. The highest BCUT2D eigenvalue weighted by Crippen LogP contribution is 2.32. The van der Waals surface area contributed by atoms with Crippen molar-refractivity contribution >= 4 is 23.0 Å². The summed E-state index contributed by atoms with van der Waals surface area (Å²) < 4.78 is 20.2. The molecule has 3 N–H and O–H groups in total. The number of nitro groups is 1. The number of hydrogen-bond acceptors (Lipinski definition) is 9. The van der Waals surface area contributed by atoms with Crippen molar-refractivity contribution in [2.75, 3.05) is 31.4 Å². The summed E-state index contributed by atoms with van der Waals surface area (Å²) in [5.41, 5.74) is 10.9. The number of nitrogens with two attached hydrogens (primary N) is 1. The molecule has 0 radical (unpaired) electrons. The molecule has 0 amide bonds. The number of ether oxygens (including phenoxy) is 3. The average molecular weight is 550 g/mol. The third-order valence-electron chi connectivity index (χ3n) is 6.46. The third-order valence-corrected chi connectivity index (χ3v) is 6.46. The van der Waals surface area contributed by atoms with Crippen LogP contribution in [-0.4, -0.2) is 51.1 Å². The minimum absolute atomic E-state index is 0.0324. The topological polar surface area (TPSA) is 145 Å². The molecule has 0 saturated heterocycles. The predicted molar refractivity (Wildman–Crippen MR) is 153 cm³/mol. The Kier molecular flexibility index (Phi) is 9.02. The van der Waals surface area contributed by atoms with E-state index in [9.17, 15) is 10.1 Å². The van der Waals surface area contributed by atoms with Crippen molar-refractivity contribution in [3.63, 3.8) is 0 Å². The number of nitrogen functional groups attached to an aromatic ring is 1. The molecular weight excluding hydrogens is 514 g/mol. The number of benzene rings is 2. The molecule has 0 aliphatic carbocycles. The molecule has 12 heteroatoms. The number of rotatable bonds is 13. The molecule has 12 nitrogen and oxygen atoms in total. The van der Waals surface area contributed by atoms with Gasteiger partial charge in [0, 0.05) is 36.6 Å². The highest BCUT2D eigenvalue weighted by atomic mass is 16.7. The normalized spacial score (nSPS) is 11.2. The van der Waals surface area contributed by atoms with Gasteiger partial charge in [-0.3, -0.25) is 10.1 Å². The fourth-order valence-electron chi connectivity index (χ4n) is 4.39. The van der Waals surface area contributed by atoms with Crippen molar-refractivity contribution in [2.45, 2.75) is 47.1 Å². The van der Waals surface area contributed by atoms with Gasteiger partial charge in [0.2, 0.25) is 0 Å². The van der Waals surface area contributed by atoms with E-state index < -0.39 is 6.29 Å². The molecule has 0 aliphatic rings. The summed E-state index contributed by atoms with van der Waals surface area (Å²) in [6.45, 7) is 9.11. The Morgan fingerprint density at radius 3 is 2.38 bits per heavy atom. The SMILES string of the molecule is CCOC(Cn1nc(-c2cnn(Cc3ccc(OC)cc3)c2N)cc1Nc1cc([N+](=O)[O-])c(C)cc1C)OCC. The van der Waals surface area contributed by atoms with Crippen molar-refractivity contribution in [1.82, 2.24) is 19.6 Å². The molecule has 2 aromatic heterocycles. The first-order chi connectivity index (χ1) is 19.2. The van der Waals surface area contributed by atoms with Gasteiger partial charge in [0.05, 0.1) is 42.6 Å². The number of aromatic nitrogens is 4. The molecule has 40 heavy (non-hydrogen) atoms. The quantitative estimate of drug-likeness (QED) is 0.133. The van der Waals surface area contributed by atoms with Gasteiger partial charge >= 0.3 is 0 Å². The molecule has 0 fully saturated rings. The Labute approximate surface area is 232 Å². The van der Waals surface area contributed by atoms with Gasteiger partial charge in [0.15, 0.2) is 6.29 Å². The van der Waals surface area contributed by atoms with E-state index >= 15 is 0 Å². The molecule has 0 saturated carbocycles. The first-order valence-electron chi connectivity index (χ1n) is 13.0. The lowest BCUT2D eigenvalue weighted by Gasteiger charge is -2.19. The average Bonchev–Trinajstić information content (AvgIpc) is 3.48. The summed E-state index contributed by atoms with van der Waals surface area (Å²) in [7, 11) is 1.63. The summed E-state index contributed by atoms with van der Waals surface area (Å²) in [4.78, 5) is 11.2. The van der Waals surface area contributed by atoms with Gasteiger partial charge in [0.1, 0.15) is 17.4 Å². The van der Waals surface area contributed by atoms with Crippen LogP contribution in [0.2, 0.25) is 0 Å². The van der Waals surface area contributed by atoms with Crippen LogP contribution < -0.4 is 15.8 Å². The van der Waals surface area contributed by atoms with E-state index in [1.807, 2.05) is 51.1 Å². The van der Waals surface area contributed by atoms with E-state index in [4.69, 9.17) is 25.0 Å². The van der Waals surface area contributed by atoms with Crippen LogP contribution in [0.5, 0.6) is 5.75 Å². The maximum atomic E-state index is 11.6. The molecule has 0 unspecified atom stereocenters. The van der Waals surface area contributed by atoms with Gasteiger partial charge in [-0.2, -0.15) is 10.2 Å². The minimum Gasteiger partial charge on any atom is -0.497 e. The summed E-state index contributed by atoms with van der Waals surface area (Å²) in [6.07, 6.45) is 1.15. The monoisotopic (exact) mass is 549 g/mol. The third kappa shape index (κ3) is 6.41. The first kappa shape index (κ1) is 28.6. The van der Waals surface area contributed by atoms with Gasteiger partial charge in [0.25, 0.3) is 5.69 Å². The van der Waals surface area contributed by atoms with Crippen LogP contribution >= 0.6 is 0 Å². The zero-order valence-corrected chi connectivity index (χ0v) is 23.4. The van der Waals surface area contributed by atoms with E-state index in [0.717, 1.165) is 16.9 Å². The van der Waals surface area contributed by atoms with E-state index in [0.29, 0.717) is 53.9 Å². The van der Waals surface area contributed by atoms with Gasteiger partial charge in [-0.25, -0.2) is 9.36 Å². The first-order valence-corrected chi connectivity index (χ1v) is 13.0. The molecular formula is C28H35N7O5. The highest BCUT2D eigenvalue weighted by molar-refractivity contribution is 5.75. The van der Waals surface area contributed by atoms with Crippen LogP contribution in [0.4, 0.5) is 23.0 Å². The number of nitrogens with one attached hydrogen (secondary N) is 1. The van der Waals surface area contributed by atoms with Crippen LogP contribution in [0.15, 0.2) is 48.7 Å². The second-order valence-electron chi connectivity index (χ2n) is 9.22. The van der Waals surface area contributed by atoms with Crippen LogP contribution in [0.3, 0.4) is 0 Å². The van der Waals surface area contributed by atoms with Crippen molar-refractivity contribution in [3.8, 4) is 17.0 Å². The molecule has 0 aliphatic heterocycles. The maximum Gasteiger partial charge on any atom is 0.274 e. The molecule has 4 aromatic rings. The van der Waals surface area contributed by atoms with Crippen molar-refractivity contribution < 1.29 is 19.1 Å². The smallest absolute Gasteiger partial charge is 0.274 e. The van der Waals surface area contributed by atoms with E-state index in [-0.39, 0.29) is 17.2 Å². The molecule has 2 aromatic carbocycles. The second-order valence-corrected chi connectivity index (χ2v) is 9.22. The van der Waals surface area contributed by atoms with Gasteiger partial charge < -0.3 is 25.3 Å². The lowest BCUT2D eigenvalue weighted by Crippen LogP contribution is -2.25. The molecule has 2 heterocycles. The highest BCUT2D eigenvalue weighted by Gasteiger charge is 2.21. The Balaban J connectivity index is 1.69. The molecule has 0 atom stereocenters. The Morgan fingerprint density at radius 1 is 1.05 bits per heavy atom. The van der Waals surface area contributed by atoms with E-state index in [1.54, 1.807) is 35.7 Å². The number of nitrogens with zero attached hydrogens (tertiary/aromatic N) is 5. The van der Waals surface area contributed by atoms with Gasteiger partial charge in [-0.1, -0.05) is 12.1 Å². The predicted octanol–water partition coefficient (Wildman–Crippen LogP) is 5.05. The number of methoxy groups -OCH3 is 1. The number of anilines is 3. The molecule has 4 rings (SSSR count). The number of aryl methyl sites for hydroxylation is 2. The van der Waals surface area contributed by atoms with E-state index in [1.165, 1.54) is 6.07 Å².